The van der Waals surface area contributed by atoms with Gasteiger partial charge in [0.2, 0.25) is 17.8 Å². The highest BCUT2D eigenvalue weighted by Crippen LogP contribution is 2.22. The highest BCUT2D eigenvalue weighted by molar-refractivity contribution is 5.53. The van der Waals surface area contributed by atoms with Gasteiger partial charge in [-0.1, -0.05) is 0 Å². The number of aryl methyl sites for hydroxylation is 4. The Morgan fingerprint density at radius 1 is 1.43 bits per heavy atom. The molecule has 0 aliphatic heterocycles. The number of rotatable bonds is 1. The van der Waals surface area contributed by atoms with Gasteiger partial charge in [0, 0.05) is 6.92 Å². The van der Waals surface area contributed by atoms with Crippen LogP contribution >= 0.6 is 0 Å². The fraction of sp³-hybridized carbons (Fsp3) is 0.400. The SMILES string of the molecule is Cc1nc(C)c(-c2c[n+](C)cn2C)o1. The molecule has 4 nitrogen and oxygen atoms in total. The number of imidazole rings is 1. The van der Waals surface area contributed by atoms with Crippen LogP contribution in [0.3, 0.4) is 0 Å². The Labute approximate surface area is 82.8 Å². The summed E-state index contributed by atoms with van der Waals surface area (Å²) in [5.74, 6) is 1.56. The smallest absolute Gasteiger partial charge is 0.243 e. The molecule has 0 radical (unpaired) electrons. The molecule has 74 valence electrons. The van der Waals surface area contributed by atoms with Crippen LogP contribution < -0.4 is 4.57 Å². The van der Waals surface area contributed by atoms with E-state index in [0.29, 0.717) is 5.89 Å². The molecule has 0 aliphatic rings. The van der Waals surface area contributed by atoms with Gasteiger partial charge in [-0.05, 0) is 6.92 Å². The lowest BCUT2D eigenvalue weighted by Gasteiger charge is -1.90. The maximum atomic E-state index is 5.55. The summed E-state index contributed by atoms with van der Waals surface area (Å²) in [7, 11) is 3.98. The molecule has 0 fully saturated rings. The van der Waals surface area contributed by atoms with Gasteiger partial charge >= 0.3 is 0 Å². The van der Waals surface area contributed by atoms with Gasteiger partial charge in [-0.15, -0.1) is 0 Å². The summed E-state index contributed by atoms with van der Waals surface area (Å²) in [6.45, 7) is 3.82. The number of hydrogen-bond acceptors (Lipinski definition) is 2. The normalized spacial score (nSPS) is 10.9. The number of hydrogen-bond donors (Lipinski definition) is 0. The van der Waals surface area contributed by atoms with Crippen molar-refractivity contribution in [1.29, 1.82) is 0 Å². The second-order valence-corrected chi connectivity index (χ2v) is 3.55. The highest BCUT2D eigenvalue weighted by atomic mass is 16.4. The summed E-state index contributed by atoms with van der Waals surface area (Å²) in [5, 5.41) is 0. The van der Waals surface area contributed by atoms with Crippen molar-refractivity contribution in [2.75, 3.05) is 0 Å². The standard InChI is InChI=1S/C10H14N3O/c1-7-10(14-8(2)11-7)9-5-12(3)6-13(9)4/h5-6H,1-4H3/q+1. The molecule has 2 rings (SSSR count). The van der Waals surface area contributed by atoms with Gasteiger partial charge in [-0.3, -0.25) is 0 Å². The van der Waals surface area contributed by atoms with E-state index in [0.717, 1.165) is 17.1 Å². The number of oxazole rings is 1. The molecular weight excluding hydrogens is 178 g/mol. The van der Waals surface area contributed by atoms with Gasteiger partial charge in [0.05, 0.1) is 19.8 Å². The molecule has 2 heterocycles. The van der Waals surface area contributed by atoms with Crippen LogP contribution in [-0.4, -0.2) is 9.55 Å². The molecule has 0 aromatic carbocycles. The summed E-state index contributed by atoms with van der Waals surface area (Å²) in [6.07, 6.45) is 4.01. The van der Waals surface area contributed by atoms with Gasteiger partial charge in [0.25, 0.3) is 0 Å². The quantitative estimate of drug-likeness (QED) is 0.635. The zero-order chi connectivity index (χ0) is 10.3. The van der Waals surface area contributed by atoms with Gasteiger partial charge in [0.1, 0.15) is 6.20 Å². The molecule has 4 heteroatoms. The first-order valence-electron chi connectivity index (χ1n) is 4.54. The summed E-state index contributed by atoms with van der Waals surface area (Å²) >= 11 is 0. The maximum Gasteiger partial charge on any atom is 0.243 e. The van der Waals surface area contributed by atoms with Crippen molar-refractivity contribution >= 4 is 0 Å². The molecule has 0 spiro atoms. The van der Waals surface area contributed by atoms with Gasteiger partial charge < -0.3 is 4.42 Å². The van der Waals surface area contributed by atoms with Crippen LogP contribution in [0.2, 0.25) is 0 Å². The lowest BCUT2D eigenvalue weighted by Crippen LogP contribution is -2.23. The van der Waals surface area contributed by atoms with E-state index >= 15 is 0 Å². The Bertz CT molecular complexity index is 423. The predicted molar refractivity (Wildman–Crippen MR) is 51.6 cm³/mol. The molecule has 0 aliphatic carbocycles. The van der Waals surface area contributed by atoms with Crippen LogP contribution in [-0.2, 0) is 14.1 Å². The van der Waals surface area contributed by atoms with Gasteiger partial charge in [-0.25, -0.2) is 14.1 Å². The van der Waals surface area contributed by atoms with E-state index in [1.807, 2.05) is 49.6 Å². The lowest BCUT2D eigenvalue weighted by atomic mass is 10.3. The zero-order valence-corrected chi connectivity index (χ0v) is 8.90. The van der Waals surface area contributed by atoms with Crippen molar-refractivity contribution < 1.29 is 8.98 Å². The maximum absolute atomic E-state index is 5.55. The van der Waals surface area contributed by atoms with Crippen LogP contribution in [0.4, 0.5) is 0 Å². The third-order valence-electron chi connectivity index (χ3n) is 2.20. The van der Waals surface area contributed by atoms with Crippen LogP contribution in [0.1, 0.15) is 11.6 Å². The average Bonchev–Trinajstić information content (AvgIpc) is 2.55. The van der Waals surface area contributed by atoms with E-state index in [4.69, 9.17) is 4.42 Å². The van der Waals surface area contributed by atoms with E-state index in [2.05, 4.69) is 4.98 Å². The molecule has 2 aromatic heterocycles. The molecule has 0 amide bonds. The van der Waals surface area contributed by atoms with E-state index in [-0.39, 0.29) is 0 Å². The molecule has 0 N–H and O–H groups in total. The first kappa shape index (κ1) is 8.99. The molecule has 0 saturated heterocycles. The van der Waals surface area contributed by atoms with Crippen molar-refractivity contribution in [3.05, 3.63) is 24.1 Å². The van der Waals surface area contributed by atoms with Crippen LogP contribution in [0, 0.1) is 13.8 Å². The Hall–Kier alpha value is -1.58. The molecule has 0 atom stereocenters. The Kier molecular flexibility index (Phi) is 1.91. The van der Waals surface area contributed by atoms with Crippen molar-refractivity contribution in [2.24, 2.45) is 14.1 Å². The first-order valence-corrected chi connectivity index (χ1v) is 4.54. The summed E-state index contributed by atoms with van der Waals surface area (Å²) in [5.41, 5.74) is 1.98. The minimum absolute atomic E-state index is 0.710. The summed E-state index contributed by atoms with van der Waals surface area (Å²) in [6, 6.07) is 0. The van der Waals surface area contributed by atoms with Crippen molar-refractivity contribution in [2.45, 2.75) is 13.8 Å². The lowest BCUT2D eigenvalue weighted by molar-refractivity contribution is -0.670. The van der Waals surface area contributed by atoms with Crippen LogP contribution in [0.15, 0.2) is 16.9 Å². The third kappa shape index (κ3) is 1.32. The Morgan fingerprint density at radius 3 is 2.57 bits per heavy atom. The fourth-order valence-corrected chi connectivity index (χ4v) is 1.64. The minimum atomic E-state index is 0.710. The molecule has 2 aromatic rings. The van der Waals surface area contributed by atoms with E-state index in [9.17, 15) is 0 Å². The zero-order valence-electron chi connectivity index (χ0n) is 8.90. The fourth-order valence-electron chi connectivity index (χ4n) is 1.64. The van der Waals surface area contributed by atoms with Crippen LogP contribution in [0.25, 0.3) is 11.5 Å². The van der Waals surface area contributed by atoms with Gasteiger partial charge in [0.15, 0.2) is 5.89 Å². The number of nitrogens with zero attached hydrogens (tertiary/aromatic N) is 3. The number of aromatic nitrogens is 3. The predicted octanol–water partition coefficient (Wildman–Crippen LogP) is 1.12. The monoisotopic (exact) mass is 192 g/mol. The molecule has 0 bridgehead atoms. The molecule has 0 unspecified atom stereocenters. The minimum Gasteiger partial charge on any atom is -0.437 e. The van der Waals surface area contributed by atoms with Crippen molar-refractivity contribution in [3.8, 4) is 11.5 Å². The topological polar surface area (TPSA) is 34.8 Å². The Morgan fingerprint density at radius 2 is 2.14 bits per heavy atom. The van der Waals surface area contributed by atoms with E-state index < -0.39 is 0 Å². The molecule has 0 saturated carbocycles. The van der Waals surface area contributed by atoms with Crippen molar-refractivity contribution in [3.63, 3.8) is 0 Å². The summed E-state index contributed by atoms with van der Waals surface area (Å²) in [4.78, 5) is 4.25. The second-order valence-electron chi connectivity index (χ2n) is 3.55. The van der Waals surface area contributed by atoms with E-state index in [1.165, 1.54) is 0 Å². The second kappa shape index (κ2) is 2.97. The molecular formula is C10H14N3O+. The van der Waals surface area contributed by atoms with Gasteiger partial charge in [-0.2, -0.15) is 0 Å². The van der Waals surface area contributed by atoms with E-state index in [1.54, 1.807) is 0 Å². The highest BCUT2D eigenvalue weighted by Gasteiger charge is 2.18. The molecule has 14 heavy (non-hydrogen) atoms. The Balaban J connectivity index is 2.59. The first-order chi connectivity index (χ1) is 6.58. The van der Waals surface area contributed by atoms with Crippen molar-refractivity contribution in [1.82, 2.24) is 9.55 Å². The average molecular weight is 192 g/mol. The summed E-state index contributed by atoms with van der Waals surface area (Å²) < 4.78 is 9.56. The third-order valence-corrected chi connectivity index (χ3v) is 2.20. The van der Waals surface area contributed by atoms with Crippen LogP contribution in [0.5, 0.6) is 0 Å². The largest absolute Gasteiger partial charge is 0.437 e.